The number of alkyl halides is 9. The number of aliphatic hydroxyl groups excluding tert-OH is 3. The van der Waals surface area contributed by atoms with Crippen LogP contribution in [0.25, 0.3) is 21.9 Å². The molecule has 3 atom stereocenters. The van der Waals surface area contributed by atoms with Crippen LogP contribution in [0.4, 0.5) is 75.4 Å². The number of aryl methyl sites for hydroxylation is 3. The number of amides is 3. The van der Waals surface area contributed by atoms with E-state index >= 15 is 0 Å². The molecule has 2 aliphatic rings. The summed E-state index contributed by atoms with van der Waals surface area (Å²) in [5.41, 5.74) is 5.74. The van der Waals surface area contributed by atoms with E-state index in [2.05, 4.69) is 36.1 Å². The molecular formula is C86H82F12N12O16S3Yb. The van der Waals surface area contributed by atoms with Gasteiger partial charge in [-0.15, -0.1) is 0 Å². The quantitative estimate of drug-likeness (QED) is 0.0138. The van der Waals surface area contributed by atoms with Crippen molar-refractivity contribution in [3.05, 3.63) is 344 Å². The summed E-state index contributed by atoms with van der Waals surface area (Å²) in [7, 11) is -17.5. The number of carbonyl (C=O) groups excluding carboxylic acids is 3. The average Bonchev–Trinajstić information content (AvgIpc) is 1.51. The number of anilines is 3. The number of halogens is 12. The average molecular weight is 2040 g/mol. The summed E-state index contributed by atoms with van der Waals surface area (Å²) in [5, 5.41) is 50.7. The molecule has 0 saturated heterocycles. The second-order valence-electron chi connectivity index (χ2n) is 28.3. The van der Waals surface area contributed by atoms with E-state index in [0.29, 0.717) is 106 Å². The Morgan fingerprint density at radius 2 is 0.738 bits per heavy atom. The first-order valence-corrected chi connectivity index (χ1v) is 42.4. The topological polar surface area (TPSA) is 430 Å². The number of nitrogens with one attached hydrogen (secondary N) is 3. The van der Waals surface area contributed by atoms with E-state index < -0.39 is 94.3 Å². The maximum Gasteiger partial charge on any atom is 0.522 e. The van der Waals surface area contributed by atoms with Gasteiger partial charge in [0, 0.05) is 66.6 Å². The molecule has 0 radical (unpaired) electrons. The van der Waals surface area contributed by atoms with Crippen LogP contribution in [0.2, 0.25) is 0 Å². The molecule has 3 aromatic heterocycles. The molecule has 698 valence electrons. The van der Waals surface area contributed by atoms with Gasteiger partial charge in [-0.2, -0.15) is 80.1 Å². The van der Waals surface area contributed by atoms with Crippen LogP contribution >= 0.6 is 0 Å². The van der Waals surface area contributed by atoms with Gasteiger partial charge in [-0.05, 0) is 194 Å². The number of hydrogen-bond acceptors (Lipinski definition) is 18. The van der Waals surface area contributed by atoms with Crippen molar-refractivity contribution in [1.82, 2.24) is 29.3 Å². The third-order valence-electron chi connectivity index (χ3n) is 18.2. The molecule has 2 aliphatic carbocycles. The van der Waals surface area contributed by atoms with Crippen LogP contribution in [0.5, 0.6) is 0 Å². The van der Waals surface area contributed by atoms with Gasteiger partial charge in [-0.25, -0.2) is 32.1 Å². The molecule has 0 bridgehead atoms. The van der Waals surface area contributed by atoms with E-state index in [1.54, 1.807) is 110 Å². The Kier molecular flexibility index (Phi) is 38.2. The SMILES string of the molecule is Cc1cc(C(=O)Nc2cc(C(O)c3ccccc3)ccc2F)n(-c2cccc(CN)c2)n1.Cc1cc(C(=O)Nc2cc(C(OCC3CC3)c3ccccc3)ccc2F)n(-c2cccc(CN)c2)n1.O=S(=O)(O)C(F)(F)F.O=S(=O)(O)C(F)(F)F.O=S(=O)(O)C(F)(F)F.OCC1CC1.[C-]#[N+]c1cccc(-n2nc(C)cc2C(=O)Nc2cc(C(O)c3ccccc3)ccc2F)c1.[Yb]. The molecule has 9 aromatic carbocycles. The molecule has 28 nitrogen and oxygen atoms in total. The normalized spacial score (nSPS) is 13.1. The Morgan fingerprint density at radius 3 is 1.03 bits per heavy atom. The van der Waals surface area contributed by atoms with Gasteiger partial charge in [0.1, 0.15) is 52.8 Å². The summed E-state index contributed by atoms with van der Waals surface area (Å²) in [6.45, 7) is 14.3. The number of benzene rings is 9. The van der Waals surface area contributed by atoms with Gasteiger partial charge in [0.25, 0.3) is 17.7 Å². The van der Waals surface area contributed by atoms with Crippen LogP contribution in [0.3, 0.4) is 0 Å². The maximum absolute atomic E-state index is 14.9. The van der Waals surface area contributed by atoms with Crippen molar-refractivity contribution in [3.63, 3.8) is 0 Å². The van der Waals surface area contributed by atoms with Crippen LogP contribution in [0.15, 0.2) is 237 Å². The monoisotopic (exact) mass is 2040 g/mol. The minimum absolute atomic E-state index is 0. The first kappa shape index (κ1) is 106. The van der Waals surface area contributed by atoms with Gasteiger partial charge >= 0.3 is 46.9 Å². The number of ether oxygens (including phenoxy) is 1. The third kappa shape index (κ3) is 31.2. The molecule has 44 heteroatoms. The summed E-state index contributed by atoms with van der Waals surface area (Å²) in [6, 6.07) is 67.4. The van der Waals surface area contributed by atoms with Crippen molar-refractivity contribution in [1.29, 1.82) is 0 Å². The zero-order chi connectivity index (χ0) is 95.1. The van der Waals surface area contributed by atoms with Gasteiger partial charge in [0.2, 0.25) is 0 Å². The molecular weight excluding hydrogens is 1950 g/mol. The number of nitrogens with two attached hydrogens (primary N) is 2. The van der Waals surface area contributed by atoms with E-state index in [9.17, 15) is 77.3 Å². The minimum atomic E-state index is -5.84. The van der Waals surface area contributed by atoms with E-state index in [4.69, 9.17) is 66.8 Å². The zero-order valence-electron chi connectivity index (χ0n) is 68.1. The van der Waals surface area contributed by atoms with Crippen molar-refractivity contribution in [2.24, 2.45) is 23.3 Å². The largest absolute Gasteiger partial charge is 0.522 e. The Bertz CT molecular complexity index is 6170. The van der Waals surface area contributed by atoms with Crippen molar-refractivity contribution < 1.29 is 173 Å². The van der Waals surface area contributed by atoms with Crippen LogP contribution in [0.1, 0.15) is 137 Å². The molecule has 3 unspecified atom stereocenters. The first-order valence-electron chi connectivity index (χ1n) is 38.1. The summed E-state index contributed by atoms with van der Waals surface area (Å²) < 4.78 is 227. The molecule has 0 aliphatic heterocycles. The Balaban J connectivity index is 0.000000230. The van der Waals surface area contributed by atoms with Crippen molar-refractivity contribution in [2.45, 2.75) is 94.4 Å². The summed E-state index contributed by atoms with van der Waals surface area (Å²) in [6.07, 6.45) is 2.61. The smallest absolute Gasteiger partial charge is 0.396 e. The van der Waals surface area contributed by atoms with E-state index in [1.165, 1.54) is 77.5 Å². The molecule has 14 rings (SSSR count). The number of aliphatic hydroxyl groups is 3. The fraction of sp³-hybridized carbons (Fsp3) is 0.221. The number of rotatable bonds is 21. The summed E-state index contributed by atoms with van der Waals surface area (Å²) in [5.74, 6) is -2.02. The molecule has 13 N–H and O–H groups in total. The van der Waals surface area contributed by atoms with Gasteiger partial charge in [-0.3, -0.25) is 28.0 Å². The van der Waals surface area contributed by atoms with E-state index in [0.717, 1.165) is 22.3 Å². The fourth-order valence-electron chi connectivity index (χ4n) is 11.4. The third-order valence-corrected chi connectivity index (χ3v) is 19.9. The molecule has 130 heavy (non-hydrogen) atoms. The fourth-order valence-corrected chi connectivity index (χ4v) is 11.4. The second kappa shape index (κ2) is 47.0. The predicted molar refractivity (Wildman–Crippen MR) is 451 cm³/mol. The maximum atomic E-state index is 14.9. The molecule has 12 aromatic rings. The second-order valence-corrected chi connectivity index (χ2v) is 32.5. The summed E-state index contributed by atoms with van der Waals surface area (Å²) >= 11 is 0. The zero-order valence-corrected chi connectivity index (χ0v) is 72.3. The molecule has 0 spiro atoms. The molecule has 2 fully saturated rings. The van der Waals surface area contributed by atoms with Crippen molar-refractivity contribution in [3.8, 4) is 17.1 Å². The molecule has 2 saturated carbocycles. The van der Waals surface area contributed by atoms with Gasteiger partial charge in [0.15, 0.2) is 5.69 Å². The number of hydrogen-bond donors (Lipinski definition) is 11. The Labute approximate surface area is 775 Å². The Morgan fingerprint density at radius 1 is 0.438 bits per heavy atom. The number of aromatic nitrogens is 6. The first-order chi connectivity index (χ1) is 60.6. The van der Waals surface area contributed by atoms with Crippen LogP contribution in [-0.2, 0) is 48.2 Å². The van der Waals surface area contributed by atoms with Gasteiger partial charge in [0.05, 0.1) is 64.4 Å². The molecule has 3 amide bonds. The van der Waals surface area contributed by atoms with Crippen LogP contribution in [0, 0.1) is 104 Å². The van der Waals surface area contributed by atoms with Crippen molar-refractivity contribution >= 4 is 70.8 Å². The Hall–Kier alpha value is -11.3. The molecule has 3 heterocycles. The standard InChI is InChI=1S/C29H29FN4O2.C25H19FN4O2.C25H23FN4O2.C4H8O.3CHF3O3S.Yb/c1-19-14-27(34(33-19)24-9-5-6-21(15-24)17-31)29(35)32-26-16-23(12-13-25(26)30)28(36-18-20-10-11-20)22-7-3-2-4-8-22;1-16-13-23(30(29-16)20-10-6-9-19(15-20)27-2)25(32)28-22-14-18(11-12-21(22)26)24(31)17-7-4-3-5-8-17;1-16-12-23(30(29-16)20-9-5-6-17(13-20)15-27)25(32)28-22-14-19(10-11-21(22)26)24(31)18-7-3-2-4-8-18;5-3-4-1-2-4;3*2-1(3,4)8(5,6)7;/h2-9,12-16,20,28H,10-11,17-18,31H2,1H3,(H,32,35);3-15,24,31H,1H3,(H,28,32);2-14,24,31H,15,27H2,1H3,(H,28,32);4-5H,1-3H2;3*(H,5,6,7);. The van der Waals surface area contributed by atoms with Crippen LogP contribution in [-0.4, -0.2) is 131 Å². The van der Waals surface area contributed by atoms with E-state index in [-0.39, 0.29) is 81.5 Å². The number of nitrogens with zero attached hydrogens (tertiary/aromatic N) is 7. The van der Waals surface area contributed by atoms with Crippen LogP contribution < -0.4 is 27.4 Å². The summed E-state index contributed by atoms with van der Waals surface area (Å²) in [4.78, 5) is 42.8. The number of carbonyl (C=O) groups is 3. The minimum Gasteiger partial charge on any atom is -0.396 e. The van der Waals surface area contributed by atoms with E-state index in [1.807, 2.05) is 110 Å². The van der Waals surface area contributed by atoms with Gasteiger partial charge < -0.3 is 47.5 Å². The predicted octanol–water partition coefficient (Wildman–Crippen LogP) is 16.4. The van der Waals surface area contributed by atoms with Gasteiger partial charge in [-0.1, -0.05) is 146 Å². The van der Waals surface area contributed by atoms with Crippen molar-refractivity contribution in [2.75, 3.05) is 29.2 Å².